The van der Waals surface area contributed by atoms with Gasteiger partial charge in [-0.1, -0.05) is 18.9 Å². The lowest BCUT2D eigenvalue weighted by Crippen LogP contribution is -2.43. The Balaban J connectivity index is 1.82. The topological polar surface area (TPSA) is 157 Å². The molecule has 0 radical (unpaired) electrons. The number of benzene rings is 1. The van der Waals surface area contributed by atoms with Gasteiger partial charge in [0.05, 0.1) is 0 Å². The number of primary amides is 1. The number of nitrogens with one attached hydrogen (secondary N) is 3. The molecule has 1 aromatic heterocycles. The van der Waals surface area contributed by atoms with E-state index in [1.165, 1.54) is 6.20 Å². The maximum Gasteiger partial charge on any atom is 0.254 e. The first-order valence-corrected chi connectivity index (χ1v) is 9.67. The molecule has 3 rings (SSSR count). The Morgan fingerprint density at radius 3 is 2.69 bits per heavy atom. The summed E-state index contributed by atoms with van der Waals surface area (Å²) in [5.74, 6) is 0.141. The largest absolute Gasteiger partial charge is 0.401 e. The number of allylic oxidation sites excluding steroid dienone is 1. The van der Waals surface area contributed by atoms with Crippen LogP contribution < -0.4 is 33.2 Å². The van der Waals surface area contributed by atoms with Crippen molar-refractivity contribution in [1.29, 1.82) is 0 Å². The molecule has 9 nitrogen and oxygen atoms in total. The first kappa shape index (κ1) is 20.4. The summed E-state index contributed by atoms with van der Waals surface area (Å²) >= 11 is 0. The van der Waals surface area contributed by atoms with Crippen LogP contribution in [0.5, 0.6) is 0 Å². The molecule has 2 atom stereocenters. The maximum atomic E-state index is 11.8. The van der Waals surface area contributed by atoms with Gasteiger partial charge >= 0.3 is 0 Å². The van der Waals surface area contributed by atoms with Crippen LogP contribution in [0.4, 0.5) is 23.1 Å². The third kappa shape index (κ3) is 5.58. The minimum Gasteiger partial charge on any atom is -0.401 e. The van der Waals surface area contributed by atoms with Crippen molar-refractivity contribution in [1.82, 2.24) is 9.97 Å². The molecule has 2 aromatic rings. The van der Waals surface area contributed by atoms with E-state index >= 15 is 0 Å². The maximum absolute atomic E-state index is 11.8. The average molecular weight is 396 g/mol. The zero-order valence-corrected chi connectivity index (χ0v) is 16.5. The van der Waals surface area contributed by atoms with Crippen LogP contribution in [0.2, 0.25) is 0 Å². The summed E-state index contributed by atoms with van der Waals surface area (Å²) in [6.45, 7) is 1.79. The summed E-state index contributed by atoms with van der Waals surface area (Å²) in [5.41, 5.74) is 19.8. The Kier molecular flexibility index (Phi) is 6.50. The van der Waals surface area contributed by atoms with Gasteiger partial charge in [0.1, 0.15) is 11.4 Å². The average Bonchev–Trinajstić information content (AvgIpc) is 2.68. The summed E-state index contributed by atoms with van der Waals surface area (Å²) < 4.78 is 0. The molecule has 0 spiro atoms. The number of rotatable bonds is 7. The van der Waals surface area contributed by atoms with Crippen LogP contribution in [-0.2, 0) is 0 Å². The zero-order chi connectivity index (χ0) is 20.8. The number of nitrogens with two attached hydrogens (primary N) is 3. The van der Waals surface area contributed by atoms with Gasteiger partial charge in [0.15, 0.2) is 0 Å². The number of hydrogen-bond donors (Lipinski definition) is 6. The predicted octanol–water partition coefficient (Wildman–Crippen LogP) is 2.23. The fourth-order valence-corrected chi connectivity index (χ4v) is 3.25. The number of carbonyl (C=O) groups is 1. The van der Waals surface area contributed by atoms with E-state index in [0.29, 0.717) is 17.5 Å². The third-order valence-corrected chi connectivity index (χ3v) is 4.78. The molecule has 1 aliphatic rings. The lowest BCUT2D eigenvalue weighted by atomic mass is 9.91. The van der Waals surface area contributed by atoms with Gasteiger partial charge in [-0.05, 0) is 38.0 Å². The summed E-state index contributed by atoms with van der Waals surface area (Å²) in [5, 5.41) is 9.55. The lowest BCUT2D eigenvalue weighted by Gasteiger charge is -2.29. The molecule has 1 amide bonds. The van der Waals surface area contributed by atoms with Gasteiger partial charge in [-0.25, -0.2) is 4.98 Å². The predicted molar refractivity (Wildman–Crippen MR) is 116 cm³/mol. The molecule has 0 unspecified atom stereocenters. The van der Waals surface area contributed by atoms with Gasteiger partial charge < -0.3 is 33.2 Å². The fourth-order valence-electron chi connectivity index (χ4n) is 3.25. The summed E-state index contributed by atoms with van der Waals surface area (Å²) in [7, 11) is 0. The highest BCUT2D eigenvalue weighted by atomic mass is 16.1. The SMILES string of the molecule is C/C(N)=C/Nc1cccc(Nc2nc(N[C@@H]3CCCC[C@@H]3N)ncc2C(N)=O)c1. The molecule has 1 saturated carbocycles. The van der Waals surface area contributed by atoms with E-state index < -0.39 is 5.91 Å². The number of hydrogen-bond acceptors (Lipinski definition) is 8. The number of carbonyl (C=O) groups excluding carboxylic acids is 1. The molecule has 0 bridgehead atoms. The van der Waals surface area contributed by atoms with Crippen molar-refractivity contribution in [3.8, 4) is 0 Å². The second-order valence-electron chi connectivity index (χ2n) is 7.26. The van der Waals surface area contributed by atoms with Gasteiger partial charge in [0.2, 0.25) is 5.95 Å². The Morgan fingerprint density at radius 2 is 1.97 bits per heavy atom. The summed E-state index contributed by atoms with van der Waals surface area (Å²) in [6, 6.07) is 7.67. The number of amides is 1. The summed E-state index contributed by atoms with van der Waals surface area (Å²) in [6.07, 6.45) is 7.32. The molecule has 29 heavy (non-hydrogen) atoms. The second kappa shape index (κ2) is 9.24. The Labute approximate surface area is 170 Å². The van der Waals surface area contributed by atoms with E-state index in [-0.39, 0.29) is 17.6 Å². The molecule has 0 aliphatic heterocycles. The number of nitrogens with zero attached hydrogens (tertiary/aromatic N) is 2. The van der Waals surface area contributed by atoms with Crippen molar-refractivity contribution in [2.75, 3.05) is 16.0 Å². The molecule has 154 valence electrons. The monoisotopic (exact) mass is 396 g/mol. The molecule has 1 heterocycles. The molecule has 1 fully saturated rings. The van der Waals surface area contributed by atoms with Gasteiger partial charge in [-0.3, -0.25) is 4.79 Å². The lowest BCUT2D eigenvalue weighted by molar-refractivity contribution is 0.100. The van der Waals surface area contributed by atoms with Gasteiger partial charge in [-0.15, -0.1) is 0 Å². The van der Waals surface area contributed by atoms with E-state index in [4.69, 9.17) is 17.2 Å². The van der Waals surface area contributed by atoms with Gasteiger partial charge in [0.25, 0.3) is 5.91 Å². The Bertz CT molecular complexity index is 894. The highest BCUT2D eigenvalue weighted by Crippen LogP contribution is 2.24. The van der Waals surface area contributed by atoms with E-state index in [1.807, 2.05) is 24.3 Å². The normalized spacial score (nSPS) is 19.4. The first-order valence-electron chi connectivity index (χ1n) is 9.67. The zero-order valence-electron chi connectivity index (χ0n) is 16.5. The Hall–Kier alpha value is -3.33. The minimum absolute atomic E-state index is 0.0568. The molecule has 9 heteroatoms. The van der Waals surface area contributed by atoms with Crippen molar-refractivity contribution in [3.05, 3.63) is 47.9 Å². The van der Waals surface area contributed by atoms with Gasteiger partial charge in [0, 0.05) is 41.6 Å². The van der Waals surface area contributed by atoms with Crippen LogP contribution in [0.3, 0.4) is 0 Å². The van der Waals surface area contributed by atoms with E-state index in [9.17, 15) is 4.79 Å². The molecule has 1 aromatic carbocycles. The molecule has 9 N–H and O–H groups in total. The third-order valence-electron chi connectivity index (χ3n) is 4.78. The highest BCUT2D eigenvalue weighted by molar-refractivity contribution is 5.98. The standard InChI is InChI=1S/C20H28N8O/c1-12(21)10-24-13-5-4-6-14(9-13)26-19-15(18(23)29)11-25-20(28-19)27-17-8-3-2-7-16(17)22/h4-6,9-11,16-17,24H,2-3,7-8,21-22H2,1H3,(H2,23,29)(H2,25,26,27,28)/b12-10-/t16-,17+/m0/s1. The molecule has 1 aliphatic carbocycles. The van der Waals surface area contributed by atoms with Crippen molar-refractivity contribution in [2.45, 2.75) is 44.7 Å². The second-order valence-corrected chi connectivity index (χ2v) is 7.26. The van der Waals surface area contributed by atoms with Crippen LogP contribution in [-0.4, -0.2) is 28.0 Å². The fraction of sp³-hybridized carbons (Fsp3) is 0.350. The van der Waals surface area contributed by atoms with E-state index in [0.717, 1.165) is 37.1 Å². The van der Waals surface area contributed by atoms with Crippen molar-refractivity contribution < 1.29 is 4.79 Å². The number of anilines is 4. The van der Waals surface area contributed by atoms with Crippen molar-refractivity contribution in [3.63, 3.8) is 0 Å². The molecule has 0 saturated heterocycles. The Morgan fingerprint density at radius 1 is 1.21 bits per heavy atom. The van der Waals surface area contributed by atoms with Crippen LogP contribution in [0, 0.1) is 0 Å². The number of aromatic nitrogens is 2. The molecular weight excluding hydrogens is 368 g/mol. The van der Waals surface area contributed by atoms with Crippen LogP contribution in [0.1, 0.15) is 43.0 Å². The molecular formula is C20H28N8O. The van der Waals surface area contributed by atoms with E-state index in [1.54, 1.807) is 13.1 Å². The first-order chi connectivity index (χ1) is 13.9. The van der Waals surface area contributed by atoms with Crippen molar-refractivity contribution in [2.24, 2.45) is 17.2 Å². The minimum atomic E-state index is -0.607. The van der Waals surface area contributed by atoms with Crippen LogP contribution in [0.15, 0.2) is 42.4 Å². The van der Waals surface area contributed by atoms with Crippen LogP contribution in [0.25, 0.3) is 0 Å². The van der Waals surface area contributed by atoms with Crippen LogP contribution >= 0.6 is 0 Å². The highest BCUT2D eigenvalue weighted by Gasteiger charge is 2.23. The smallest absolute Gasteiger partial charge is 0.254 e. The van der Waals surface area contributed by atoms with Gasteiger partial charge in [-0.2, -0.15) is 4.98 Å². The van der Waals surface area contributed by atoms with E-state index in [2.05, 4.69) is 25.9 Å². The summed E-state index contributed by atoms with van der Waals surface area (Å²) in [4.78, 5) is 20.6. The van der Waals surface area contributed by atoms with Crippen molar-refractivity contribution >= 4 is 29.0 Å². The quantitative estimate of drug-likeness (QED) is 0.416.